The maximum Gasteiger partial charge on any atom is 0.308 e. The lowest BCUT2D eigenvalue weighted by Crippen LogP contribution is -2.55. The van der Waals surface area contributed by atoms with Crippen molar-refractivity contribution in [1.29, 1.82) is 0 Å². The summed E-state index contributed by atoms with van der Waals surface area (Å²) in [5.41, 5.74) is 3.48. The number of piperidine rings is 1. The number of nitrogens with one attached hydrogen (secondary N) is 1. The van der Waals surface area contributed by atoms with Crippen LogP contribution in [0.3, 0.4) is 0 Å². The van der Waals surface area contributed by atoms with Crippen molar-refractivity contribution < 1.29 is 24.2 Å². The van der Waals surface area contributed by atoms with E-state index in [2.05, 4.69) is 43.0 Å². The highest BCUT2D eigenvalue weighted by Crippen LogP contribution is 2.30. The summed E-state index contributed by atoms with van der Waals surface area (Å²) in [6.07, 6.45) is 11.0. The molecule has 276 valence electrons. The first-order valence-corrected chi connectivity index (χ1v) is 19.3. The van der Waals surface area contributed by atoms with Crippen LogP contribution in [-0.4, -0.2) is 63.0 Å². The topological polar surface area (TPSA) is 122 Å². The van der Waals surface area contributed by atoms with Crippen LogP contribution in [0.15, 0.2) is 73.1 Å². The number of ether oxygens (including phenoxy) is 1. The van der Waals surface area contributed by atoms with Crippen molar-refractivity contribution in [3.05, 3.63) is 88.4 Å². The van der Waals surface area contributed by atoms with Crippen LogP contribution in [0.1, 0.15) is 99.7 Å². The highest BCUT2D eigenvalue weighted by Gasteiger charge is 2.36. The zero-order valence-corrected chi connectivity index (χ0v) is 31.9. The van der Waals surface area contributed by atoms with Gasteiger partial charge in [0.2, 0.25) is 5.91 Å². The van der Waals surface area contributed by atoms with Crippen molar-refractivity contribution in [2.45, 2.75) is 103 Å². The van der Waals surface area contributed by atoms with Crippen molar-refractivity contribution in [3.8, 4) is 28.3 Å². The number of carbonyl (C=O) groups is 3. The van der Waals surface area contributed by atoms with Gasteiger partial charge < -0.3 is 20.1 Å². The lowest BCUT2D eigenvalue weighted by atomic mass is 9.92. The molecule has 0 radical (unpaired) electrons. The minimum absolute atomic E-state index is 0.104. The largest absolute Gasteiger partial charge is 0.494 e. The Bertz CT molecular complexity index is 1780. The van der Waals surface area contributed by atoms with Gasteiger partial charge in [-0.2, -0.15) is 0 Å². The predicted octanol–water partition coefficient (Wildman–Crippen LogP) is 8.57. The van der Waals surface area contributed by atoms with E-state index in [1.165, 1.54) is 37.0 Å². The van der Waals surface area contributed by atoms with E-state index in [0.29, 0.717) is 23.5 Å². The van der Waals surface area contributed by atoms with Gasteiger partial charge in [0.15, 0.2) is 5.82 Å². The van der Waals surface area contributed by atoms with Gasteiger partial charge in [-0.1, -0.05) is 89.8 Å². The number of aliphatic carboxylic acids is 1. The molecule has 52 heavy (non-hydrogen) atoms. The average molecular weight is 725 g/mol. The molecule has 1 saturated heterocycles. The third-order valence-corrected chi connectivity index (χ3v) is 11.2. The van der Waals surface area contributed by atoms with E-state index in [9.17, 15) is 19.5 Å². The van der Waals surface area contributed by atoms with Crippen molar-refractivity contribution in [2.24, 2.45) is 5.92 Å². The van der Waals surface area contributed by atoms with E-state index in [-0.39, 0.29) is 36.2 Å². The van der Waals surface area contributed by atoms with Crippen LogP contribution in [0.25, 0.3) is 22.5 Å². The SMILES string of the molecule is CCCCCCCOc1ccc(-c2cnc(-c3ccc(CC(NC(=O)c4ccc(C(C)(C)C)s4)C(=O)N4CC(C(=O)O)CCC4C)cc3)nc2)cc1. The summed E-state index contributed by atoms with van der Waals surface area (Å²) in [6, 6.07) is 18.4. The molecule has 4 aromatic rings. The molecule has 0 saturated carbocycles. The first kappa shape index (κ1) is 38.7. The molecule has 0 aliphatic carbocycles. The molecule has 1 aliphatic rings. The fourth-order valence-corrected chi connectivity index (χ4v) is 7.37. The van der Waals surface area contributed by atoms with E-state index in [1.807, 2.05) is 73.9 Å². The Hall–Kier alpha value is -4.57. The fourth-order valence-electron chi connectivity index (χ4n) is 6.40. The molecule has 1 aliphatic heterocycles. The van der Waals surface area contributed by atoms with Crippen molar-refractivity contribution in [1.82, 2.24) is 20.2 Å². The third kappa shape index (κ3) is 10.3. The molecule has 3 unspecified atom stereocenters. The van der Waals surface area contributed by atoms with Crippen LogP contribution >= 0.6 is 11.3 Å². The highest BCUT2D eigenvalue weighted by atomic mass is 32.1. The Morgan fingerprint density at radius 3 is 2.21 bits per heavy atom. The standard InChI is InChI=1S/C42H52N4O5S/c1-6-7-8-9-10-23-51-34-19-17-30(18-20-34)33-25-43-38(44-26-33)31-15-12-29(13-16-31)24-35(40(48)46-27-32(41(49)50)14-11-28(46)2)45-39(47)36-21-22-37(52-36)42(3,4)5/h12-13,15-22,25-26,28,32,35H,6-11,14,23-24,27H2,1-5H3,(H,45,47)(H,49,50). The van der Waals surface area contributed by atoms with Gasteiger partial charge >= 0.3 is 5.97 Å². The summed E-state index contributed by atoms with van der Waals surface area (Å²) >= 11 is 1.42. The second-order valence-corrected chi connectivity index (χ2v) is 16.0. The highest BCUT2D eigenvalue weighted by molar-refractivity contribution is 7.14. The molecule has 3 atom stereocenters. The van der Waals surface area contributed by atoms with Crippen LogP contribution in [0.4, 0.5) is 0 Å². The molecule has 3 heterocycles. The summed E-state index contributed by atoms with van der Waals surface area (Å²) in [5.74, 6) is -0.689. The Balaban J connectivity index is 1.26. The molecule has 0 spiro atoms. The van der Waals surface area contributed by atoms with Crippen molar-refractivity contribution in [3.63, 3.8) is 0 Å². The maximum atomic E-state index is 14.1. The van der Waals surface area contributed by atoms with Crippen LogP contribution in [-0.2, 0) is 21.4 Å². The summed E-state index contributed by atoms with van der Waals surface area (Å²) < 4.78 is 5.91. The second-order valence-electron chi connectivity index (χ2n) is 14.9. The molecule has 0 bridgehead atoms. The van der Waals surface area contributed by atoms with Crippen molar-refractivity contribution >= 4 is 29.1 Å². The van der Waals surface area contributed by atoms with E-state index >= 15 is 0 Å². The number of nitrogens with zero attached hydrogens (tertiary/aromatic N) is 3. The van der Waals surface area contributed by atoms with Crippen molar-refractivity contribution in [2.75, 3.05) is 13.2 Å². The van der Waals surface area contributed by atoms with Gasteiger partial charge in [-0.15, -0.1) is 11.3 Å². The van der Waals surface area contributed by atoms with Gasteiger partial charge in [0, 0.05) is 47.4 Å². The van der Waals surface area contributed by atoms with Gasteiger partial charge in [-0.05, 0) is 67.0 Å². The number of carboxylic acids is 1. The first-order chi connectivity index (χ1) is 24.9. The van der Waals surface area contributed by atoms with Gasteiger partial charge in [0.05, 0.1) is 17.4 Å². The monoisotopic (exact) mass is 724 g/mol. The van der Waals surface area contributed by atoms with E-state index in [1.54, 1.807) is 11.0 Å². The molecular formula is C42H52N4O5S. The molecule has 2 amide bonds. The molecule has 2 aromatic carbocycles. The third-order valence-electron chi connectivity index (χ3n) is 9.69. The molecule has 2 N–H and O–H groups in total. The number of amides is 2. The smallest absolute Gasteiger partial charge is 0.308 e. The number of thiophene rings is 1. The number of benzene rings is 2. The van der Waals surface area contributed by atoms with Gasteiger partial charge in [-0.3, -0.25) is 14.4 Å². The average Bonchev–Trinajstić information content (AvgIpc) is 3.65. The minimum Gasteiger partial charge on any atom is -0.494 e. The van der Waals surface area contributed by atoms with E-state index in [0.717, 1.165) is 45.9 Å². The van der Waals surface area contributed by atoms with Gasteiger partial charge in [-0.25, -0.2) is 9.97 Å². The predicted molar refractivity (Wildman–Crippen MR) is 207 cm³/mol. The van der Waals surface area contributed by atoms with E-state index < -0.39 is 17.9 Å². The zero-order chi connectivity index (χ0) is 37.3. The van der Waals surface area contributed by atoms with Crippen LogP contribution in [0.5, 0.6) is 5.75 Å². The lowest BCUT2D eigenvalue weighted by molar-refractivity contribution is -0.147. The molecule has 2 aromatic heterocycles. The van der Waals surface area contributed by atoms with Crippen LogP contribution in [0, 0.1) is 5.92 Å². The lowest BCUT2D eigenvalue weighted by Gasteiger charge is -2.38. The Kier molecular flexibility index (Phi) is 13.2. The normalized spacial score (nSPS) is 16.7. The Labute approximate surface area is 311 Å². The maximum absolute atomic E-state index is 14.1. The molecule has 9 nitrogen and oxygen atoms in total. The zero-order valence-electron chi connectivity index (χ0n) is 31.1. The summed E-state index contributed by atoms with van der Waals surface area (Å²) in [6.45, 7) is 11.3. The second kappa shape index (κ2) is 17.8. The van der Waals surface area contributed by atoms with Gasteiger partial charge in [0.1, 0.15) is 11.8 Å². The fraction of sp³-hybridized carbons (Fsp3) is 0.452. The molecule has 5 rings (SSSR count). The minimum atomic E-state index is -0.907. The molecular weight excluding hydrogens is 673 g/mol. The number of carboxylic acid groups (broad SMARTS) is 1. The Morgan fingerprint density at radius 1 is 0.904 bits per heavy atom. The number of aromatic nitrogens is 2. The number of hydrogen-bond donors (Lipinski definition) is 2. The summed E-state index contributed by atoms with van der Waals surface area (Å²) in [7, 11) is 0. The Morgan fingerprint density at radius 2 is 1.58 bits per heavy atom. The number of rotatable bonds is 15. The number of unbranched alkanes of at least 4 members (excludes halogenated alkanes) is 4. The number of hydrogen-bond acceptors (Lipinski definition) is 7. The quantitative estimate of drug-likeness (QED) is 0.118. The van der Waals surface area contributed by atoms with Gasteiger partial charge in [0.25, 0.3) is 5.91 Å². The number of likely N-dealkylation sites (tertiary alicyclic amines) is 1. The number of carbonyl (C=O) groups excluding carboxylic acids is 2. The first-order valence-electron chi connectivity index (χ1n) is 18.5. The summed E-state index contributed by atoms with van der Waals surface area (Å²) in [4.78, 5) is 51.9. The molecule has 10 heteroatoms. The van der Waals surface area contributed by atoms with E-state index in [4.69, 9.17) is 4.74 Å². The van der Waals surface area contributed by atoms with Crippen LogP contribution in [0.2, 0.25) is 0 Å². The van der Waals surface area contributed by atoms with Crippen LogP contribution < -0.4 is 10.1 Å². The summed E-state index contributed by atoms with van der Waals surface area (Å²) in [5, 5.41) is 12.7. The molecule has 1 fully saturated rings.